The summed E-state index contributed by atoms with van der Waals surface area (Å²) in [5.41, 5.74) is 2.09. The minimum Gasteiger partial charge on any atom is -0.336 e. The Morgan fingerprint density at radius 2 is 2.24 bits per heavy atom. The van der Waals surface area contributed by atoms with Gasteiger partial charge in [0.25, 0.3) is 0 Å². The number of hydrogen-bond donors (Lipinski definition) is 0. The first-order chi connectivity index (χ1) is 12.2. The molecule has 0 N–H and O–H groups in total. The van der Waals surface area contributed by atoms with Gasteiger partial charge in [0.05, 0.1) is 24.2 Å². The van der Waals surface area contributed by atoms with Gasteiger partial charge in [0, 0.05) is 25.7 Å². The molecule has 0 radical (unpaired) electrons. The molecule has 2 atom stereocenters. The zero-order valence-electron chi connectivity index (χ0n) is 14.0. The largest absolute Gasteiger partial charge is 0.336 e. The number of rotatable bonds is 4. The molecule has 0 spiro atoms. The molecule has 0 bridgehead atoms. The SMILES string of the molecule is O=C1C[C@@H](C(=O)N2CCC[C@H]2c2ccsc2)CN1Cc1ccccn1. The minimum absolute atomic E-state index is 0.0512. The van der Waals surface area contributed by atoms with Gasteiger partial charge in [0.1, 0.15) is 0 Å². The molecule has 0 aliphatic carbocycles. The van der Waals surface area contributed by atoms with Crippen LogP contribution in [0.25, 0.3) is 0 Å². The van der Waals surface area contributed by atoms with Gasteiger partial charge in [0.15, 0.2) is 0 Å². The molecular weight excluding hydrogens is 334 g/mol. The Hall–Kier alpha value is -2.21. The summed E-state index contributed by atoms with van der Waals surface area (Å²) in [4.78, 5) is 33.4. The van der Waals surface area contributed by atoms with Gasteiger partial charge in [-0.25, -0.2) is 0 Å². The van der Waals surface area contributed by atoms with E-state index in [1.807, 2.05) is 23.1 Å². The smallest absolute Gasteiger partial charge is 0.228 e. The Bertz CT molecular complexity index is 747. The first kappa shape index (κ1) is 16.3. The molecule has 2 aliphatic heterocycles. The van der Waals surface area contributed by atoms with Crippen molar-refractivity contribution in [3.63, 3.8) is 0 Å². The van der Waals surface area contributed by atoms with Gasteiger partial charge in [-0.2, -0.15) is 11.3 Å². The highest BCUT2D eigenvalue weighted by molar-refractivity contribution is 7.08. The van der Waals surface area contributed by atoms with Gasteiger partial charge in [-0.05, 0) is 47.4 Å². The molecule has 4 heterocycles. The van der Waals surface area contributed by atoms with Crippen LogP contribution >= 0.6 is 11.3 Å². The molecule has 0 saturated carbocycles. The maximum atomic E-state index is 13.0. The van der Waals surface area contributed by atoms with E-state index in [-0.39, 0.29) is 23.8 Å². The predicted octanol–water partition coefficient (Wildman–Crippen LogP) is 2.86. The van der Waals surface area contributed by atoms with Crippen LogP contribution in [-0.4, -0.2) is 39.7 Å². The number of aromatic nitrogens is 1. The third-order valence-electron chi connectivity index (χ3n) is 5.11. The second-order valence-electron chi connectivity index (χ2n) is 6.74. The van der Waals surface area contributed by atoms with Crippen molar-refractivity contribution in [2.45, 2.75) is 31.8 Å². The average Bonchev–Trinajstić information content (AvgIpc) is 3.36. The van der Waals surface area contributed by atoms with Crippen molar-refractivity contribution in [1.82, 2.24) is 14.8 Å². The maximum Gasteiger partial charge on any atom is 0.228 e. The average molecular weight is 355 g/mol. The number of hydrogen-bond acceptors (Lipinski definition) is 4. The Kier molecular flexibility index (Phi) is 4.53. The fraction of sp³-hybridized carbons (Fsp3) is 0.421. The van der Waals surface area contributed by atoms with Gasteiger partial charge in [-0.3, -0.25) is 14.6 Å². The third kappa shape index (κ3) is 3.31. The van der Waals surface area contributed by atoms with Crippen molar-refractivity contribution < 1.29 is 9.59 Å². The van der Waals surface area contributed by atoms with Crippen LogP contribution in [0.1, 0.15) is 36.6 Å². The first-order valence-corrected chi connectivity index (χ1v) is 9.67. The van der Waals surface area contributed by atoms with Crippen LogP contribution in [-0.2, 0) is 16.1 Å². The standard InChI is InChI=1S/C19H21N3O2S/c23-18-10-15(11-21(18)12-16-4-1-2-7-20-16)19(24)22-8-3-5-17(22)14-6-9-25-13-14/h1-2,4,6-7,9,13,15,17H,3,5,8,10-12H2/t15-,17+/m1/s1. The monoisotopic (exact) mass is 355 g/mol. The maximum absolute atomic E-state index is 13.0. The van der Waals surface area contributed by atoms with Crippen LogP contribution < -0.4 is 0 Å². The second kappa shape index (κ2) is 6.96. The first-order valence-electron chi connectivity index (χ1n) is 8.72. The van der Waals surface area contributed by atoms with E-state index in [9.17, 15) is 9.59 Å². The Morgan fingerprint density at radius 3 is 3.00 bits per heavy atom. The highest BCUT2D eigenvalue weighted by atomic mass is 32.1. The number of pyridine rings is 1. The van der Waals surface area contributed by atoms with Gasteiger partial charge in [-0.15, -0.1) is 0 Å². The lowest BCUT2D eigenvalue weighted by molar-refractivity contribution is -0.136. The third-order valence-corrected chi connectivity index (χ3v) is 5.81. The van der Waals surface area contributed by atoms with E-state index in [0.29, 0.717) is 19.5 Å². The molecule has 25 heavy (non-hydrogen) atoms. The van der Waals surface area contributed by atoms with Gasteiger partial charge in [0.2, 0.25) is 11.8 Å². The molecule has 0 unspecified atom stereocenters. The molecule has 2 fully saturated rings. The van der Waals surface area contributed by atoms with Gasteiger partial charge >= 0.3 is 0 Å². The van der Waals surface area contributed by atoms with Crippen LogP contribution in [0.4, 0.5) is 0 Å². The lowest BCUT2D eigenvalue weighted by Gasteiger charge is -2.27. The van der Waals surface area contributed by atoms with E-state index >= 15 is 0 Å². The topological polar surface area (TPSA) is 53.5 Å². The van der Waals surface area contributed by atoms with E-state index < -0.39 is 0 Å². The number of nitrogens with zero attached hydrogens (tertiary/aromatic N) is 3. The Morgan fingerprint density at radius 1 is 1.32 bits per heavy atom. The van der Waals surface area contributed by atoms with Crippen LogP contribution in [0.3, 0.4) is 0 Å². The second-order valence-corrected chi connectivity index (χ2v) is 7.52. The molecule has 2 aliphatic rings. The highest BCUT2D eigenvalue weighted by Gasteiger charge is 2.40. The normalized spacial score (nSPS) is 23.4. The van der Waals surface area contributed by atoms with Crippen molar-refractivity contribution in [3.05, 3.63) is 52.5 Å². The van der Waals surface area contributed by atoms with Crippen molar-refractivity contribution in [2.75, 3.05) is 13.1 Å². The van der Waals surface area contributed by atoms with Crippen molar-refractivity contribution in [3.8, 4) is 0 Å². The number of thiophene rings is 1. The summed E-state index contributed by atoms with van der Waals surface area (Å²) in [5, 5.41) is 4.19. The lowest BCUT2D eigenvalue weighted by Crippen LogP contribution is -2.37. The van der Waals surface area contributed by atoms with Crippen LogP contribution in [0.5, 0.6) is 0 Å². The van der Waals surface area contributed by atoms with Gasteiger partial charge < -0.3 is 9.80 Å². The summed E-state index contributed by atoms with van der Waals surface area (Å²) in [7, 11) is 0. The molecule has 2 aromatic rings. The van der Waals surface area contributed by atoms with Crippen molar-refractivity contribution in [2.24, 2.45) is 5.92 Å². The molecule has 2 aromatic heterocycles. The number of carbonyl (C=O) groups excluding carboxylic acids is 2. The molecule has 4 rings (SSSR count). The zero-order chi connectivity index (χ0) is 17.2. The van der Waals surface area contributed by atoms with Crippen LogP contribution in [0.15, 0.2) is 41.2 Å². The zero-order valence-corrected chi connectivity index (χ0v) is 14.8. The van der Waals surface area contributed by atoms with E-state index in [1.165, 1.54) is 5.56 Å². The summed E-state index contributed by atoms with van der Waals surface area (Å²) in [6.45, 7) is 1.78. The van der Waals surface area contributed by atoms with Gasteiger partial charge in [-0.1, -0.05) is 6.07 Å². The van der Waals surface area contributed by atoms with E-state index in [0.717, 1.165) is 25.1 Å². The summed E-state index contributed by atoms with van der Waals surface area (Å²) in [5.74, 6) is -0.0451. The molecule has 0 aromatic carbocycles. The molecule has 2 saturated heterocycles. The summed E-state index contributed by atoms with van der Waals surface area (Å²) >= 11 is 1.67. The van der Waals surface area contributed by atoms with E-state index in [1.54, 1.807) is 22.4 Å². The molecular formula is C19H21N3O2S. The highest BCUT2D eigenvalue weighted by Crippen LogP contribution is 2.35. The quantitative estimate of drug-likeness (QED) is 0.847. The fourth-order valence-electron chi connectivity index (χ4n) is 3.85. The fourth-order valence-corrected chi connectivity index (χ4v) is 4.56. The van der Waals surface area contributed by atoms with E-state index in [2.05, 4.69) is 21.8 Å². The van der Waals surface area contributed by atoms with E-state index in [4.69, 9.17) is 0 Å². The summed E-state index contributed by atoms with van der Waals surface area (Å²) < 4.78 is 0. The summed E-state index contributed by atoms with van der Waals surface area (Å²) in [6.07, 6.45) is 4.10. The Balaban J connectivity index is 1.43. The summed E-state index contributed by atoms with van der Waals surface area (Å²) in [6, 6.07) is 7.98. The molecule has 6 heteroatoms. The van der Waals surface area contributed by atoms with Crippen molar-refractivity contribution >= 4 is 23.2 Å². The number of carbonyl (C=O) groups is 2. The minimum atomic E-state index is -0.226. The Labute approximate surface area is 151 Å². The molecule has 5 nitrogen and oxygen atoms in total. The van der Waals surface area contributed by atoms with Crippen LogP contribution in [0.2, 0.25) is 0 Å². The van der Waals surface area contributed by atoms with Crippen LogP contribution in [0, 0.1) is 5.92 Å². The van der Waals surface area contributed by atoms with Crippen molar-refractivity contribution in [1.29, 1.82) is 0 Å². The predicted molar refractivity (Wildman–Crippen MR) is 95.8 cm³/mol. The molecule has 130 valence electrons. The number of likely N-dealkylation sites (tertiary alicyclic amines) is 2. The lowest BCUT2D eigenvalue weighted by atomic mass is 10.0. The molecule has 2 amide bonds. The number of amides is 2.